The predicted molar refractivity (Wildman–Crippen MR) is 125 cm³/mol. The molecule has 1 aliphatic rings. The van der Waals surface area contributed by atoms with Gasteiger partial charge in [0.25, 0.3) is 0 Å². The maximum atomic E-state index is 13.3. The first-order valence-electron chi connectivity index (χ1n) is 11.3. The Labute approximate surface area is 194 Å². The lowest BCUT2D eigenvalue weighted by Crippen LogP contribution is -2.35. The zero-order chi connectivity index (χ0) is 23.4. The van der Waals surface area contributed by atoms with Gasteiger partial charge in [-0.1, -0.05) is 24.3 Å². The topological polar surface area (TPSA) is 45.9 Å². The van der Waals surface area contributed by atoms with Gasteiger partial charge in [-0.05, 0) is 60.4 Å². The Kier molecular flexibility index (Phi) is 7.14. The molecule has 174 valence electrons. The molecule has 2 heterocycles. The van der Waals surface area contributed by atoms with Gasteiger partial charge in [-0.2, -0.15) is 0 Å². The number of hydrogen-bond acceptors (Lipinski definition) is 4. The third kappa shape index (κ3) is 5.82. The predicted octanol–water partition coefficient (Wildman–Crippen LogP) is 5.00. The number of amides is 1. The van der Waals surface area contributed by atoms with Crippen molar-refractivity contribution >= 4 is 5.91 Å². The number of benzene rings is 2. The van der Waals surface area contributed by atoms with Crippen molar-refractivity contribution in [2.75, 3.05) is 26.7 Å². The Morgan fingerprint density at radius 2 is 1.82 bits per heavy atom. The molecular formula is C27H31FN2O3. The Hall–Kier alpha value is -3.12. The Bertz CT molecular complexity index is 1060. The number of hydrogen-bond donors (Lipinski definition) is 0. The molecule has 33 heavy (non-hydrogen) atoms. The molecule has 0 spiro atoms. The van der Waals surface area contributed by atoms with Gasteiger partial charge < -0.3 is 14.1 Å². The molecule has 4 rings (SSSR count). The lowest BCUT2D eigenvalue weighted by molar-refractivity contribution is -0.130. The fourth-order valence-electron chi connectivity index (χ4n) is 4.69. The first-order valence-corrected chi connectivity index (χ1v) is 11.3. The highest BCUT2D eigenvalue weighted by molar-refractivity contribution is 5.73. The van der Waals surface area contributed by atoms with E-state index in [0.29, 0.717) is 13.1 Å². The van der Waals surface area contributed by atoms with E-state index in [1.807, 2.05) is 36.1 Å². The lowest BCUT2D eigenvalue weighted by Gasteiger charge is -2.28. The molecule has 5 nitrogen and oxygen atoms in total. The van der Waals surface area contributed by atoms with Crippen molar-refractivity contribution in [3.8, 4) is 5.75 Å². The van der Waals surface area contributed by atoms with Crippen molar-refractivity contribution in [2.24, 2.45) is 5.92 Å². The average Bonchev–Trinajstić information content (AvgIpc) is 3.40. The van der Waals surface area contributed by atoms with Crippen molar-refractivity contribution in [3.63, 3.8) is 0 Å². The number of methoxy groups -OCH3 is 1. The second-order valence-electron chi connectivity index (χ2n) is 8.87. The molecule has 2 aromatic carbocycles. The normalized spacial score (nSPS) is 18.4. The molecule has 0 bridgehead atoms. The van der Waals surface area contributed by atoms with Gasteiger partial charge in [0.05, 0.1) is 13.7 Å². The molecule has 1 amide bonds. The van der Waals surface area contributed by atoms with Gasteiger partial charge in [-0.25, -0.2) is 4.39 Å². The summed E-state index contributed by atoms with van der Waals surface area (Å²) in [6, 6.07) is 18.6. The van der Waals surface area contributed by atoms with E-state index < -0.39 is 0 Å². The number of carbonyl (C=O) groups is 1. The van der Waals surface area contributed by atoms with Crippen LogP contribution in [0, 0.1) is 18.7 Å². The van der Waals surface area contributed by atoms with Crippen LogP contribution in [-0.4, -0.2) is 42.5 Å². The smallest absolute Gasteiger partial charge is 0.219 e. The molecule has 1 saturated heterocycles. The molecule has 0 unspecified atom stereocenters. The number of nitrogens with zero attached hydrogens (tertiary/aromatic N) is 2. The van der Waals surface area contributed by atoms with Crippen molar-refractivity contribution in [1.29, 1.82) is 0 Å². The highest BCUT2D eigenvalue weighted by atomic mass is 19.1. The minimum atomic E-state index is -0.271. The average molecular weight is 451 g/mol. The minimum Gasteiger partial charge on any atom is -0.497 e. The van der Waals surface area contributed by atoms with Crippen LogP contribution < -0.4 is 4.74 Å². The van der Waals surface area contributed by atoms with Crippen molar-refractivity contribution < 1.29 is 18.3 Å². The highest BCUT2D eigenvalue weighted by Gasteiger charge is 2.35. The second-order valence-corrected chi connectivity index (χ2v) is 8.87. The third-order valence-electron chi connectivity index (χ3n) is 6.42. The van der Waals surface area contributed by atoms with Crippen LogP contribution in [0.3, 0.4) is 0 Å². The monoisotopic (exact) mass is 450 g/mol. The molecule has 6 heteroatoms. The SMILES string of the molecule is COc1ccc([C@H]2CN(Cc3ccc(C)o3)C[C@@H]2CN(Cc2ccc(F)cc2)C(C)=O)cc1. The first kappa shape index (κ1) is 23.1. The number of halogens is 1. The molecule has 1 aromatic heterocycles. The molecular weight excluding hydrogens is 419 g/mol. The maximum Gasteiger partial charge on any atom is 0.219 e. The molecule has 0 aliphatic carbocycles. The molecule has 1 aliphatic heterocycles. The van der Waals surface area contributed by atoms with Crippen molar-refractivity contribution in [3.05, 3.63) is 89.1 Å². The highest BCUT2D eigenvalue weighted by Crippen LogP contribution is 2.35. The third-order valence-corrected chi connectivity index (χ3v) is 6.42. The minimum absolute atomic E-state index is 0.0212. The Balaban J connectivity index is 1.53. The molecule has 3 aromatic rings. The number of furan rings is 1. The van der Waals surface area contributed by atoms with Gasteiger partial charge in [0.1, 0.15) is 23.1 Å². The number of rotatable bonds is 8. The van der Waals surface area contributed by atoms with Crippen LogP contribution in [0.4, 0.5) is 4.39 Å². The summed E-state index contributed by atoms with van der Waals surface area (Å²) in [5.41, 5.74) is 2.16. The van der Waals surface area contributed by atoms with Crippen LogP contribution in [0.5, 0.6) is 5.75 Å². The van der Waals surface area contributed by atoms with E-state index in [1.165, 1.54) is 17.7 Å². The summed E-state index contributed by atoms with van der Waals surface area (Å²) in [5, 5.41) is 0. The van der Waals surface area contributed by atoms with Gasteiger partial charge in [-0.3, -0.25) is 9.69 Å². The van der Waals surface area contributed by atoms with E-state index >= 15 is 0 Å². The van der Waals surface area contributed by atoms with Gasteiger partial charge in [-0.15, -0.1) is 0 Å². The van der Waals surface area contributed by atoms with Crippen LogP contribution in [0.2, 0.25) is 0 Å². The molecule has 0 N–H and O–H groups in total. The van der Waals surface area contributed by atoms with Gasteiger partial charge in [0.15, 0.2) is 0 Å². The zero-order valence-electron chi connectivity index (χ0n) is 19.5. The number of likely N-dealkylation sites (tertiary alicyclic amines) is 1. The quantitative estimate of drug-likeness (QED) is 0.485. The van der Waals surface area contributed by atoms with Crippen molar-refractivity contribution in [1.82, 2.24) is 9.80 Å². The van der Waals surface area contributed by atoms with Gasteiger partial charge in [0, 0.05) is 39.0 Å². The van der Waals surface area contributed by atoms with E-state index in [9.17, 15) is 9.18 Å². The molecule has 2 atom stereocenters. The number of carbonyl (C=O) groups excluding carboxylic acids is 1. The maximum absolute atomic E-state index is 13.3. The summed E-state index contributed by atoms with van der Waals surface area (Å²) in [7, 11) is 1.67. The Morgan fingerprint density at radius 1 is 1.09 bits per heavy atom. The van der Waals surface area contributed by atoms with Crippen LogP contribution in [0.15, 0.2) is 65.1 Å². The van der Waals surface area contributed by atoms with E-state index in [2.05, 4.69) is 17.0 Å². The van der Waals surface area contributed by atoms with Crippen LogP contribution in [0.1, 0.15) is 35.5 Å². The standard InChI is InChI=1S/C27H31FN2O3/c1-19-4-11-26(33-19)17-29-15-23(27(18-29)22-7-12-25(32-3)13-8-22)16-30(20(2)31)14-21-5-9-24(28)10-6-21/h4-13,23,27H,14-18H2,1-3H3/t23-,27-/m1/s1. The fraction of sp³-hybridized carbons (Fsp3) is 0.370. The second kappa shape index (κ2) is 10.2. The zero-order valence-corrected chi connectivity index (χ0v) is 19.5. The first-order chi connectivity index (χ1) is 15.9. The largest absolute Gasteiger partial charge is 0.497 e. The van der Waals surface area contributed by atoms with Crippen LogP contribution in [-0.2, 0) is 17.9 Å². The molecule has 1 fully saturated rings. The molecule has 0 saturated carbocycles. The molecule has 0 radical (unpaired) electrons. The number of ether oxygens (including phenoxy) is 1. The van der Waals surface area contributed by atoms with Crippen LogP contribution >= 0.6 is 0 Å². The van der Waals surface area contributed by atoms with E-state index in [4.69, 9.17) is 9.15 Å². The summed E-state index contributed by atoms with van der Waals surface area (Å²) < 4.78 is 24.5. The summed E-state index contributed by atoms with van der Waals surface area (Å²) in [6.07, 6.45) is 0. The summed E-state index contributed by atoms with van der Waals surface area (Å²) in [5.74, 6) is 2.99. The summed E-state index contributed by atoms with van der Waals surface area (Å²) in [6.45, 7) is 7.16. The van der Waals surface area contributed by atoms with E-state index in [1.54, 1.807) is 26.2 Å². The van der Waals surface area contributed by atoms with E-state index in [0.717, 1.165) is 42.5 Å². The van der Waals surface area contributed by atoms with Gasteiger partial charge in [0.2, 0.25) is 5.91 Å². The van der Waals surface area contributed by atoms with Crippen LogP contribution in [0.25, 0.3) is 0 Å². The van der Waals surface area contributed by atoms with Gasteiger partial charge >= 0.3 is 0 Å². The lowest BCUT2D eigenvalue weighted by atomic mass is 9.88. The van der Waals surface area contributed by atoms with Crippen molar-refractivity contribution in [2.45, 2.75) is 32.9 Å². The van der Waals surface area contributed by atoms with E-state index in [-0.39, 0.29) is 23.6 Å². The fourth-order valence-corrected chi connectivity index (χ4v) is 4.69. The summed E-state index contributed by atoms with van der Waals surface area (Å²) in [4.78, 5) is 16.8. The Morgan fingerprint density at radius 3 is 2.42 bits per heavy atom. The summed E-state index contributed by atoms with van der Waals surface area (Å²) >= 11 is 0. The number of aryl methyl sites for hydroxylation is 1.